The number of halogens is 3. The minimum absolute atomic E-state index is 0.0157. The third kappa shape index (κ3) is 3.13. The smallest absolute Gasteiger partial charge is 0.338 e. The average Bonchev–Trinajstić information content (AvgIpc) is 3.09. The Morgan fingerprint density at radius 2 is 2.23 bits per heavy atom. The Kier molecular flexibility index (Phi) is 3.90. The lowest BCUT2D eigenvalue weighted by Crippen LogP contribution is -2.35. The minimum atomic E-state index is -4.38. The Morgan fingerprint density at radius 3 is 2.86 bits per heavy atom. The summed E-state index contributed by atoms with van der Waals surface area (Å²) in [6, 6.07) is 0. The molecule has 1 aliphatic rings. The van der Waals surface area contributed by atoms with Crippen LogP contribution in [0.3, 0.4) is 0 Å². The van der Waals surface area contributed by atoms with Gasteiger partial charge in [-0.2, -0.15) is 13.2 Å². The van der Waals surface area contributed by atoms with E-state index in [-0.39, 0.29) is 5.92 Å². The van der Waals surface area contributed by atoms with Crippen molar-refractivity contribution in [1.82, 2.24) is 29.6 Å². The number of nitrogens with one attached hydrogen (secondary N) is 1. The number of hydrogen-bond acceptors (Lipinski definition) is 4. The Hall–Kier alpha value is -1.90. The summed E-state index contributed by atoms with van der Waals surface area (Å²) in [5.41, 5.74) is -0.784. The first-order valence-electron chi connectivity index (χ1n) is 7.11. The molecule has 0 unspecified atom stereocenters. The number of H-pyrrole nitrogens is 1. The lowest BCUT2D eigenvalue weighted by atomic mass is 9.97. The van der Waals surface area contributed by atoms with Crippen LogP contribution in [0.5, 0.6) is 0 Å². The first kappa shape index (κ1) is 15.0. The second-order valence-electron chi connectivity index (χ2n) is 5.61. The van der Waals surface area contributed by atoms with Crippen molar-refractivity contribution < 1.29 is 13.2 Å². The van der Waals surface area contributed by atoms with Crippen molar-refractivity contribution in [3.63, 3.8) is 0 Å². The molecule has 0 spiro atoms. The van der Waals surface area contributed by atoms with Crippen LogP contribution in [0, 0.1) is 0 Å². The van der Waals surface area contributed by atoms with Crippen molar-refractivity contribution in [2.24, 2.45) is 7.05 Å². The fraction of sp³-hybridized carbons (Fsp3) is 0.615. The first-order chi connectivity index (χ1) is 10.4. The number of imidazole rings is 1. The van der Waals surface area contributed by atoms with Gasteiger partial charge >= 0.3 is 6.18 Å². The molecule has 6 nitrogen and oxygen atoms in total. The van der Waals surface area contributed by atoms with Crippen molar-refractivity contribution in [2.75, 3.05) is 13.1 Å². The zero-order valence-electron chi connectivity index (χ0n) is 12.1. The van der Waals surface area contributed by atoms with Gasteiger partial charge in [-0.25, -0.2) is 4.98 Å². The zero-order chi connectivity index (χ0) is 15.7. The second kappa shape index (κ2) is 5.71. The molecule has 1 aliphatic heterocycles. The molecule has 0 radical (unpaired) electrons. The van der Waals surface area contributed by atoms with Gasteiger partial charge in [0, 0.05) is 19.5 Å². The molecule has 0 saturated carbocycles. The van der Waals surface area contributed by atoms with Crippen LogP contribution in [0.4, 0.5) is 13.2 Å². The summed E-state index contributed by atoms with van der Waals surface area (Å²) in [7, 11) is 1.87. The summed E-state index contributed by atoms with van der Waals surface area (Å²) < 4.78 is 39.8. The van der Waals surface area contributed by atoms with Gasteiger partial charge in [0.15, 0.2) is 0 Å². The molecule has 0 amide bonds. The highest BCUT2D eigenvalue weighted by atomic mass is 19.4. The van der Waals surface area contributed by atoms with Gasteiger partial charge in [0.25, 0.3) is 0 Å². The lowest BCUT2D eigenvalue weighted by Gasteiger charge is -2.31. The van der Waals surface area contributed by atoms with E-state index in [0.29, 0.717) is 18.9 Å². The highest BCUT2D eigenvalue weighted by Gasteiger charge is 2.34. The Labute approximate surface area is 125 Å². The van der Waals surface area contributed by atoms with Crippen molar-refractivity contribution >= 4 is 0 Å². The Bertz CT molecular complexity index is 632. The van der Waals surface area contributed by atoms with Gasteiger partial charge in [0.05, 0.1) is 12.7 Å². The number of hydrogen-bond donors (Lipinski definition) is 1. The molecule has 0 aromatic carbocycles. The molecule has 1 fully saturated rings. The number of aryl methyl sites for hydroxylation is 1. The molecule has 0 aliphatic carbocycles. The van der Waals surface area contributed by atoms with Crippen LogP contribution < -0.4 is 0 Å². The van der Waals surface area contributed by atoms with Gasteiger partial charge in [-0.05, 0) is 19.4 Å². The maximum atomic E-state index is 12.6. The van der Waals surface area contributed by atoms with E-state index in [4.69, 9.17) is 0 Å². The molecule has 2 aromatic heterocycles. The molecular formula is C13H17F3N6. The fourth-order valence-electron chi connectivity index (χ4n) is 2.76. The molecular weight excluding hydrogens is 297 g/mol. The van der Waals surface area contributed by atoms with E-state index in [1.807, 2.05) is 11.6 Å². The van der Waals surface area contributed by atoms with E-state index >= 15 is 0 Å². The number of alkyl halides is 3. The predicted molar refractivity (Wildman–Crippen MR) is 71.8 cm³/mol. The number of rotatable bonds is 3. The standard InChI is InChI=1S/C13H17F3N6/c1-21-8-18-20-11(21)7-22-4-2-3-9(6-22)12-17-5-10(19-12)13(14,15)16/h5,8-9H,2-4,6-7H2,1H3,(H,17,19)/t9-/m0/s1. The number of piperidine rings is 1. The van der Waals surface area contributed by atoms with Crippen LogP contribution in [-0.2, 0) is 19.8 Å². The third-order valence-electron chi connectivity index (χ3n) is 3.96. The van der Waals surface area contributed by atoms with E-state index in [9.17, 15) is 13.2 Å². The van der Waals surface area contributed by atoms with E-state index < -0.39 is 11.9 Å². The Morgan fingerprint density at radius 1 is 1.41 bits per heavy atom. The van der Waals surface area contributed by atoms with Crippen LogP contribution in [0.15, 0.2) is 12.5 Å². The van der Waals surface area contributed by atoms with E-state index in [1.165, 1.54) is 0 Å². The molecule has 22 heavy (non-hydrogen) atoms. The van der Waals surface area contributed by atoms with Gasteiger partial charge in [-0.3, -0.25) is 4.90 Å². The van der Waals surface area contributed by atoms with Crippen molar-refractivity contribution in [3.8, 4) is 0 Å². The molecule has 1 saturated heterocycles. The predicted octanol–water partition coefficient (Wildman–Crippen LogP) is 1.94. The summed E-state index contributed by atoms with van der Waals surface area (Å²) in [6.45, 7) is 2.20. The Balaban J connectivity index is 1.68. The molecule has 2 aromatic rings. The van der Waals surface area contributed by atoms with Gasteiger partial charge in [-0.15, -0.1) is 10.2 Å². The topological polar surface area (TPSA) is 62.6 Å². The van der Waals surface area contributed by atoms with E-state index in [1.54, 1.807) is 6.33 Å². The van der Waals surface area contributed by atoms with E-state index in [2.05, 4.69) is 25.1 Å². The molecule has 120 valence electrons. The number of nitrogens with zero attached hydrogens (tertiary/aromatic N) is 5. The molecule has 1 N–H and O–H groups in total. The monoisotopic (exact) mass is 314 g/mol. The summed E-state index contributed by atoms with van der Waals surface area (Å²) in [5, 5.41) is 7.88. The van der Waals surface area contributed by atoms with Crippen LogP contribution in [0.1, 0.15) is 36.1 Å². The highest BCUT2D eigenvalue weighted by Crippen LogP contribution is 2.31. The van der Waals surface area contributed by atoms with Gasteiger partial charge in [0.2, 0.25) is 0 Å². The number of likely N-dealkylation sites (tertiary alicyclic amines) is 1. The first-order valence-corrected chi connectivity index (χ1v) is 7.11. The fourth-order valence-corrected chi connectivity index (χ4v) is 2.76. The van der Waals surface area contributed by atoms with Gasteiger partial charge in [-0.1, -0.05) is 0 Å². The quantitative estimate of drug-likeness (QED) is 0.940. The summed E-state index contributed by atoms with van der Waals surface area (Å²) in [4.78, 5) is 8.51. The highest BCUT2D eigenvalue weighted by molar-refractivity contribution is 5.09. The number of aromatic amines is 1. The van der Waals surface area contributed by atoms with Crippen LogP contribution in [0.25, 0.3) is 0 Å². The van der Waals surface area contributed by atoms with Gasteiger partial charge in [0.1, 0.15) is 23.7 Å². The van der Waals surface area contributed by atoms with Crippen LogP contribution in [0.2, 0.25) is 0 Å². The third-order valence-corrected chi connectivity index (χ3v) is 3.96. The van der Waals surface area contributed by atoms with Gasteiger partial charge < -0.3 is 9.55 Å². The maximum Gasteiger partial charge on any atom is 0.432 e. The molecule has 9 heteroatoms. The average molecular weight is 314 g/mol. The van der Waals surface area contributed by atoms with Crippen molar-refractivity contribution in [2.45, 2.75) is 31.5 Å². The number of aromatic nitrogens is 5. The SMILES string of the molecule is Cn1cnnc1CN1CCC[C@H](c2ncc(C(F)(F)F)[nH]2)C1. The molecule has 0 bridgehead atoms. The lowest BCUT2D eigenvalue weighted by molar-refractivity contribution is -0.141. The minimum Gasteiger partial charge on any atom is -0.338 e. The largest absolute Gasteiger partial charge is 0.432 e. The molecule has 3 heterocycles. The second-order valence-corrected chi connectivity index (χ2v) is 5.61. The summed E-state index contributed by atoms with van der Waals surface area (Å²) in [6.07, 6.45) is -0.112. The zero-order valence-corrected chi connectivity index (χ0v) is 12.1. The summed E-state index contributed by atoms with van der Waals surface area (Å²) >= 11 is 0. The van der Waals surface area contributed by atoms with Crippen LogP contribution in [-0.4, -0.2) is 42.7 Å². The van der Waals surface area contributed by atoms with Crippen LogP contribution >= 0.6 is 0 Å². The van der Waals surface area contributed by atoms with Crippen molar-refractivity contribution in [1.29, 1.82) is 0 Å². The maximum absolute atomic E-state index is 12.6. The summed E-state index contributed by atoms with van der Waals surface area (Å²) in [5.74, 6) is 1.24. The molecule has 1 atom stereocenters. The van der Waals surface area contributed by atoms with Crippen molar-refractivity contribution in [3.05, 3.63) is 29.9 Å². The van der Waals surface area contributed by atoms with E-state index in [0.717, 1.165) is 31.4 Å². The normalized spacial score (nSPS) is 20.5. The molecule has 3 rings (SSSR count).